The molecular weight excluding hydrogens is 661 g/mol. The zero-order chi connectivity index (χ0) is 33.1. The van der Waals surface area contributed by atoms with Crippen molar-refractivity contribution in [3.8, 4) is 16.9 Å². The van der Waals surface area contributed by atoms with Crippen molar-refractivity contribution in [2.75, 3.05) is 39.4 Å². The van der Waals surface area contributed by atoms with E-state index < -0.39 is 52.4 Å². The van der Waals surface area contributed by atoms with Crippen LogP contribution >= 0.6 is 23.2 Å². The molecule has 0 bridgehead atoms. The van der Waals surface area contributed by atoms with Crippen molar-refractivity contribution in [3.05, 3.63) is 67.5 Å². The second-order valence-electron chi connectivity index (χ2n) is 11.8. The maximum absolute atomic E-state index is 15.5. The summed E-state index contributed by atoms with van der Waals surface area (Å²) in [5, 5.41) is 14.6. The van der Waals surface area contributed by atoms with Crippen molar-refractivity contribution in [3.63, 3.8) is 0 Å². The number of nitrogens with two attached hydrogens (primary N) is 1. The number of benzene rings is 1. The van der Waals surface area contributed by atoms with Crippen molar-refractivity contribution in [2.24, 2.45) is 5.73 Å². The Morgan fingerprint density at radius 1 is 1.17 bits per heavy atom. The van der Waals surface area contributed by atoms with E-state index in [1.54, 1.807) is 6.08 Å². The second kappa shape index (κ2) is 12.1. The molecule has 2 amide bonds. The Morgan fingerprint density at radius 3 is 2.60 bits per heavy atom. The van der Waals surface area contributed by atoms with Crippen molar-refractivity contribution < 1.29 is 28.2 Å². The van der Waals surface area contributed by atoms with Gasteiger partial charge in [0, 0.05) is 62.5 Å². The molecule has 2 aromatic heterocycles. The Labute approximate surface area is 276 Å². The fraction of sp³-hybridized carbons (Fsp3) is 0.400. The third kappa shape index (κ3) is 5.50. The number of rotatable bonds is 7. The molecular formula is C30H30Cl2F2N8O5. The Bertz CT molecular complexity index is 1950. The lowest BCUT2D eigenvalue weighted by Crippen LogP contribution is -2.57. The summed E-state index contributed by atoms with van der Waals surface area (Å²) in [5.74, 6) is -2.64. The molecule has 6 heterocycles. The first-order valence-electron chi connectivity index (χ1n) is 15.0. The highest BCUT2D eigenvalue weighted by atomic mass is 35.5. The van der Waals surface area contributed by atoms with Crippen LogP contribution in [0.4, 0.5) is 8.78 Å². The molecule has 0 aliphatic carbocycles. The molecule has 17 heteroatoms. The molecule has 0 spiro atoms. The van der Waals surface area contributed by atoms with Crippen LogP contribution in [0, 0.1) is 5.82 Å². The largest absolute Gasteiger partial charge is 0.505 e. The number of carbonyl (C=O) groups is 2. The number of halogens is 4. The van der Waals surface area contributed by atoms with Crippen LogP contribution in [0.15, 0.2) is 39.7 Å². The van der Waals surface area contributed by atoms with Crippen molar-refractivity contribution in [1.82, 2.24) is 34.6 Å². The number of nitrogens with one attached hydrogen (secondary N) is 2. The highest BCUT2D eigenvalue weighted by Gasteiger charge is 2.32. The SMILES string of the molecule is NC(=O)c1cc(-c2cn(CC(=O)NC3=C(Cl)C(F)NC(N4CCN(C5COC5)CC4)=C3)c3nc4n(c(=O)c23)CCC4)c(F)c(Cl)c1O. The summed E-state index contributed by atoms with van der Waals surface area (Å²) in [6, 6.07) is 1.40. The van der Waals surface area contributed by atoms with Crippen LogP contribution < -0.4 is 21.9 Å². The molecule has 4 aliphatic rings. The van der Waals surface area contributed by atoms with E-state index in [4.69, 9.17) is 33.7 Å². The number of primary amides is 1. The van der Waals surface area contributed by atoms with Crippen LogP contribution in [0.5, 0.6) is 5.75 Å². The summed E-state index contributed by atoms with van der Waals surface area (Å²) >= 11 is 12.3. The van der Waals surface area contributed by atoms with Gasteiger partial charge in [0.1, 0.15) is 34.6 Å². The first-order valence-corrected chi connectivity index (χ1v) is 15.8. The third-order valence-corrected chi connectivity index (χ3v) is 9.73. The summed E-state index contributed by atoms with van der Waals surface area (Å²) in [6.45, 7) is 4.23. The molecule has 5 N–H and O–H groups in total. The van der Waals surface area contributed by atoms with Crippen molar-refractivity contribution in [2.45, 2.75) is 38.3 Å². The van der Waals surface area contributed by atoms with E-state index in [2.05, 4.69) is 20.5 Å². The number of phenols is 1. The average Bonchev–Trinajstić information content (AvgIpc) is 3.63. The fourth-order valence-electron chi connectivity index (χ4n) is 6.42. The number of piperazine rings is 1. The van der Waals surface area contributed by atoms with Gasteiger partial charge in [-0.15, -0.1) is 0 Å². The van der Waals surface area contributed by atoms with Crippen LogP contribution in [0.1, 0.15) is 22.6 Å². The van der Waals surface area contributed by atoms with Gasteiger partial charge >= 0.3 is 0 Å². The Balaban J connectivity index is 1.20. The minimum Gasteiger partial charge on any atom is -0.505 e. The van der Waals surface area contributed by atoms with E-state index >= 15 is 8.78 Å². The van der Waals surface area contributed by atoms with E-state index in [1.807, 2.05) is 4.90 Å². The molecule has 4 aliphatic heterocycles. The maximum atomic E-state index is 15.5. The first kappa shape index (κ1) is 31.4. The van der Waals surface area contributed by atoms with Crippen LogP contribution in [-0.4, -0.2) is 92.6 Å². The number of nitrogens with zero attached hydrogens (tertiary/aromatic N) is 5. The monoisotopic (exact) mass is 690 g/mol. The van der Waals surface area contributed by atoms with Crippen LogP contribution in [0.3, 0.4) is 0 Å². The Morgan fingerprint density at radius 2 is 1.91 bits per heavy atom. The highest BCUT2D eigenvalue weighted by Crippen LogP contribution is 2.39. The van der Waals surface area contributed by atoms with Gasteiger partial charge in [-0.1, -0.05) is 23.2 Å². The number of hydrogen-bond acceptors (Lipinski definition) is 9. The number of hydrogen-bond donors (Lipinski definition) is 4. The number of ether oxygens (including phenoxy) is 1. The summed E-state index contributed by atoms with van der Waals surface area (Å²) in [5.41, 5.74) is 4.33. The van der Waals surface area contributed by atoms with E-state index in [0.29, 0.717) is 63.4 Å². The molecule has 1 atom stereocenters. The first-order chi connectivity index (χ1) is 22.5. The van der Waals surface area contributed by atoms with Gasteiger partial charge in [0.15, 0.2) is 5.82 Å². The summed E-state index contributed by atoms with van der Waals surface area (Å²) in [4.78, 5) is 48.1. The van der Waals surface area contributed by atoms with Crippen LogP contribution in [-0.2, 0) is 29.0 Å². The quantitative estimate of drug-likeness (QED) is 0.271. The number of allylic oxidation sites excluding steroid dienone is 1. The molecule has 2 saturated heterocycles. The van der Waals surface area contributed by atoms with Gasteiger partial charge in [0.2, 0.25) is 12.2 Å². The summed E-state index contributed by atoms with van der Waals surface area (Å²) in [6.07, 6.45) is 2.35. The molecule has 0 radical (unpaired) electrons. The summed E-state index contributed by atoms with van der Waals surface area (Å²) < 4.78 is 38.7. The number of carbonyl (C=O) groups excluding carboxylic acids is 2. The fourth-order valence-corrected chi connectivity index (χ4v) is 6.77. The lowest BCUT2D eigenvalue weighted by atomic mass is 10.0. The van der Waals surface area contributed by atoms with Crippen LogP contribution in [0.25, 0.3) is 22.2 Å². The number of fused-ring (bicyclic) bond motifs is 2. The number of aryl methyl sites for hydroxylation is 1. The van der Waals surface area contributed by atoms with E-state index in [-0.39, 0.29) is 32.9 Å². The van der Waals surface area contributed by atoms with E-state index in [1.165, 1.54) is 15.3 Å². The number of aromatic hydroxyl groups is 1. The topological polar surface area (TPSA) is 160 Å². The number of amides is 2. The smallest absolute Gasteiger partial charge is 0.263 e. The lowest BCUT2D eigenvalue weighted by Gasteiger charge is -2.44. The van der Waals surface area contributed by atoms with Gasteiger partial charge in [-0.25, -0.2) is 13.8 Å². The normalized spacial score (nSPS) is 20.2. The maximum Gasteiger partial charge on any atom is 0.263 e. The van der Waals surface area contributed by atoms with Gasteiger partial charge in [0.25, 0.3) is 11.5 Å². The van der Waals surface area contributed by atoms with E-state index in [9.17, 15) is 19.5 Å². The zero-order valence-corrected chi connectivity index (χ0v) is 26.4. The minimum atomic E-state index is -1.75. The number of alkyl halides is 1. The Hall–Kier alpha value is -4.18. The predicted molar refractivity (Wildman–Crippen MR) is 168 cm³/mol. The third-order valence-electron chi connectivity index (χ3n) is 8.99. The van der Waals surface area contributed by atoms with E-state index in [0.717, 1.165) is 19.2 Å². The number of dihydropyridines is 1. The molecule has 248 valence electrons. The van der Waals surface area contributed by atoms with Gasteiger partial charge < -0.3 is 35.7 Å². The van der Waals surface area contributed by atoms with Crippen molar-refractivity contribution >= 4 is 46.0 Å². The molecule has 1 unspecified atom stereocenters. The van der Waals surface area contributed by atoms with Gasteiger partial charge in [-0.3, -0.25) is 23.9 Å². The molecule has 3 aromatic rings. The molecule has 7 rings (SSSR count). The van der Waals surface area contributed by atoms with Gasteiger partial charge in [-0.2, -0.15) is 0 Å². The average molecular weight is 692 g/mol. The predicted octanol–water partition coefficient (Wildman–Crippen LogP) is 1.73. The van der Waals surface area contributed by atoms with Gasteiger partial charge in [0.05, 0.1) is 40.9 Å². The zero-order valence-electron chi connectivity index (χ0n) is 24.9. The van der Waals surface area contributed by atoms with Crippen molar-refractivity contribution in [1.29, 1.82) is 0 Å². The second-order valence-corrected chi connectivity index (χ2v) is 12.6. The molecule has 13 nitrogen and oxygen atoms in total. The van der Waals surface area contributed by atoms with Crippen LogP contribution in [0.2, 0.25) is 5.02 Å². The molecule has 0 saturated carbocycles. The molecule has 47 heavy (non-hydrogen) atoms. The Kier molecular flexibility index (Phi) is 8.10. The number of aromatic nitrogens is 3. The standard InChI is InChI=1S/C30H30Cl2F2N8O5/c31-23-18(9-20(37-27(23)34)40-6-4-39(5-7-40)14-12-47-13-14)36-21(43)11-41-10-17(15-8-16(28(35)45)26(44)24(32)25(15)33)22-29(41)38-19-2-1-3-42(19)30(22)46/h8-10,14,27,37,44H,1-7,11-13H2,(H2,35,45)(H,36,43). The highest BCUT2D eigenvalue weighted by molar-refractivity contribution is 6.33. The minimum absolute atomic E-state index is 0.00729. The molecule has 2 fully saturated rings. The lowest BCUT2D eigenvalue weighted by molar-refractivity contribution is -0.120. The molecule has 1 aromatic carbocycles. The van der Waals surface area contributed by atoms with Gasteiger partial charge in [-0.05, 0) is 12.5 Å². The summed E-state index contributed by atoms with van der Waals surface area (Å²) in [7, 11) is 0.